The maximum atomic E-state index is 13.6. The Morgan fingerprint density at radius 3 is 2.81 bits per heavy atom. The summed E-state index contributed by atoms with van der Waals surface area (Å²) < 4.78 is 13.6. The monoisotopic (exact) mass is 284 g/mol. The molecule has 1 heterocycles. The summed E-state index contributed by atoms with van der Waals surface area (Å²) in [6.45, 7) is 0. The van der Waals surface area contributed by atoms with Crippen molar-refractivity contribution in [2.24, 2.45) is 17.6 Å². The first kappa shape index (κ1) is 13.2. The number of nitrogens with two attached hydrogens (primary N) is 1. The lowest BCUT2D eigenvalue weighted by molar-refractivity contribution is 0.142. The standard InChI is InChI=1S/C18H21FN2/c19-13-3-6-18-16(10-13)15(7-8-21-18)14-4-1-12-9-11(14)2-5-17(12)20/h3,6-8,10-12,14,17H,1-2,4-5,9,20H2. The molecule has 1 aromatic carbocycles. The van der Waals surface area contributed by atoms with Gasteiger partial charge in [0.1, 0.15) is 5.82 Å². The molecule has 2 saturated carbocycles. The zero-order valence-electron chi connectivity index (χ0n) is 12.1. The molecule has 3 heteroatoms. The Labute approximate surface area is 124 Å². The molecule has 2 aliphatic rings. The van der Waals surface area contributed by atoms with Gasteiger partial charge in [0, 0.05) is 17.6 Å². The van der Waals surface area contributed by atoms with Gasteiger partial charge in [-0.1, -0.05) is 0 Å². The molecule has 21 heavy (non-hydrogen) atoms. The molecular weight excluding hydrogens is 263 g/mol. The van der Waals surface area contributed by atoms with Crippen LogP contribution in [0.2, 0.25) is 0 Å². The molecule has 0 amide bonds. The zero-order chi connectivity index (χ0) is 14.4. The van der Waals surface area contributed by atoms with Gasteiger partial charge in [0.25, 0.3) is 0 Å². The fraction of sp³-hybridized carbons (Fsp3) is 0.500. The molecule has 4 rings (SSSR count). The minimum atomic E-state index is -0.170. The highest BCUT2D eigenvalue weighted by Crippen LogP contribution is 2.48. The number of halogens is 1. The van der Waals surface area contributed by atoms with Crippen LogP contribution in [0.1, 0.15) is 43.6 Å². The highest BCUT2D eigenvalue weighted by molar-refractivity contribution is 5.82. The van der Waals surface area contributed by atoms with Gasteiger partial charge in [-0.15, -0.1) is 0 Å². The van der Waals surface area contributed by atoms with Crippen molar-refractivity contribution >= 4 is 10.9 Å². The van der Waals surface area contributed by atoms with E-state index in [4.69, 9.17) is 5.73 Å². The number of rotatable bonds is 1. The van der Waals surface area contributed by atoms with Crippen molar-refractivity contribution in [3.05, 3.63) is 41.8 Å². The Balaban J connectivity index is 1.75. The molecule has 0 aliphatic heterocycles. The fourth-order valence-corrected chi connectivity index (χ4v) is 4.52. The van der Waals surface area contributed by atoms with Crippen LogP contribution >= 0.6 is 0 Å². The molecular formula is C18H21FN2. The lowest BCUT2D eigenvalue weighted by Crippen LogP contribution is -2.40. The number of fused-ring (bicyclic) bond motifs is 3. The second-order valence-electron chi connectivity index (χ2n) is 6.74. The van der Waals surface area contributed by atoms with E-state index in [0.29, 0.717) is 23.8 Å². The van der Waals surface area contributed by atoms with Gasteiger partial charge in [0.2, 0.25) is 0 Å². The lowest BCUT2D eigenvalue weighted by atomic mass is 9.63. The number of benzene rings is 1. The molecule has 2 N–H and O–H groups in total. The van der Waals surface area contributed by atoms with Crippen LogP contribution in [0.25, 0.3) is 10.9 Å². The van der Waals surface area contributed by atoms with E-state index in [-0.39, 0.29) is 5.82 Å². The van der Waals surface area contributed by atoms with Gasteiger partial charge in [-0.05, 0) is 79.7 Å². The van der Waals surface area contributed by atoms with Gasteiger partial charge in [-0.3, -0.25) is 4.98 Å². The molecule has 2 fully saturated rings. The third-order valence-corrected chi connectivity index (χ3v) is 5.64. The largest absolute Gasteiger partial charge is 0.327 e. The minimum absolute atomic E-state index is 0.170. The first-order valence-electron chi connectivity index (χ1n) is 8.02. The highest BCUT2D eigenvalue weighted by Gasteiger charge is 2.38. The third-order valence-electron chi connectivity index (χ3n) is 5.64. The lowest BCUT2D eigenvalue weighted by Gasteiger charge is -2.43. The van der Waals surface area contributed by atoms with Crippen molar-refractivity contribution in [2.45, 2.75) is 44.1 Å². The molecule has 4 atom stereocenters. The summed E-state index contributed by atoms with van der Waals surface area (Å²) in [5, 5.41) is 0.996. The van der Waals surface area contributed by atoms with Crippen molar-refractivity contribution in [3.8, 4) is 0 Å². The number of aromatic nitrogens is 1. The molecule has 0 saturated heterocycles. The predicted molar refractivity (Wildman–Crippen MR) is 82.5 cm³/mol. The second-order valence-corrected chi connectivity index (χ2v) is 6.74. The predicted octanol–water partition coefficient (Wildman–Crippen LogP) is 3.99. The van der Waals surface area contributed by atoms with E-state index in [1.807, 2.05) is 6.20 Å². The molecule has 4 unspecified atom stereocenters. The van der Waals surface area contributed by atoms with Crippen LogP contribution in [-0.2, 0) is 0 Å². The average Bonchev–Trinajstić information content (AvgIpc) is 2.51. The van der Waals surface area contributed by atoms with Gasteiger partial charge in [-0.2, -0.15) is 0 Å². The fourth-order valence-electron chi connectivity index (χ4n) is 4.52. The SMILES string of the molecule is NC1CCC2CC1CCC2c1ccnc2ccc(F)cc12. The van der Waals surface area contributed by atoms with E-state index in [1.54, 1.807) is 12.1 Å². The van der Waals surface area contributed by atoms with Crippen LogP contribution in [0, 0.1) is 17.7 Å². The third kappa shape index (κ3) is 2.24. The number of hydrogen-bond donors (Lipinski definition) is 1. The first-order chi connectivity index (χ1) is 10.2. The molecule has 110 valence electrons. The Hall–Kier alpha value is -1.48. The van der Waals surface area contributed by atoms with Crippen LogP contribution in [0.3, 0.4) is 0 Å². The van der Waals surface area contributed by atoms with Crippen LogP contribution < -0.4 is 5.73 Å². The number of nitrogens with zero attached hydrogens (tertiary/aromatic N) is 1. The molecule has 0 spiro atoms. The van der Waals surface area contributed by atoms with Gasteiger partial charge in [-0.25, -0.2) is 4.39 Å². The van der Waals surface area contributed by atoms with Gasteiger partial charge in [0.05, 0.1) is 5.52 Å². The van der Waals surface area contributed by atoms with Crippen molar-refractivity contribution in [1.29, 1.82) is 0 Å². The summed E-state index contributed by atoms with van der Waals surface area (Å²) in [6, 6.07) is 7.43. The molecule has 1 aromatic heterocycles. The van der Waals surface area contributed by atoms with E-state index >= 15 is 0 Å². The summed E-state index contributed by atoms with van der Waals surface area (Å²) in [5.74, 6) is 1.78. The quantitative estimate of drug-likeness (QED) is 0.859. The Morgan fingerprint density at radius 2 is 1.90 bits per heavy atom. The normalized spacial score (nSPS) is 32.3. The van der Waals surface area contributed by atoms with E-state index in [0.717, 1.165) is 17.3 Å². The number of pyridine rings is 1. The van der Waals surface area contributed by atoms with Crippen LogP contribution in [0.4, 0.5) is 4.39 Å². The summed E-state index contributed by atoms with van der Waals surface area (Å²) in [4.78, 5) is 4.38. The molecule has 2 aliphatic carbocycles. The van der Waals surface area contributed by atoms with Gasteiger partial charge >= 0.3 is 0 Å². The maximum absolute atomic E-state index is 13.6. The second kappa shape index (κ2) is 5.06. The van der Waals surface area contributed by atoms with Crippen LogP contribution in [0.15, 0.2) is 30.5 Å². The van der Waals surface area contributed by atoms with Crippen molar-refractivity contribution in [3.63, 3.8) is 0 Å². The molecule has 2 bridgehead atoms. The highest BCUT2D eigenvalue weighted by atomic mass is 19.1. The Kier molecular flexibility index (Phi) is 3.18. The van der Waals surface area contributed by atoms with Crippen molar-refractivity contribution in [2.75, 3.05) is 0 Å². The summed E-state index contributed by atoms with van der Waals surface area (Å²) in [6.07, 6.45) is 7.85. The van der Waals surface area contributed by atoms with E-state index < -0.39 is 0 Å². The molecule has 2 aromatic rings. The Bertz CT molecular complexity index is 669. The molecule has 2 nitrogen and oxygen atoms in total. The average molecular weight is 284 g/mol. The first-order valence-corrected chi connectivity index (χ1v) is 8.02. The maximum Gasteiger partial charge on any atom is 0.123 e. The van der Waals surface area contributed by atoms with Gasteiger partial charge in [0.15, 0.2) is 0 Å². The van der Waals surface area contributed by atoms with Crippen LogP contribution in [-0.4, -0.2) is 11.0 Å². The summed E-state index contributed by atoms with van der Waals surface area (Å²) >= 11 is 0. The van der Waals surface area contributed by atoms with Gasteiger partial charge < -0.3 is 5.73 Å². The van der Waals surface area contributed by atoms with Crippen LogP contribution in [0.5, 0.6) is 0 Å². The number of hydrogen-bond acceptors (Lipinski definition) is 2. The smallest absolute Gasteiger partial charge is 0.123 e. The minimum Gasteiger partial charge on any atom is -0.327 e. The molecule has 0 radical (unpaired) electrons. The van der Waals surface area contributed by atoms with Crippen molar-refractivity contribution in [1.82, 2.24) is 4.98 Å². The van der Waals surface area contributed by atoms with E-state index in [9.17, 15) is 4.39 Å². The van der Waals surface area contributed by atoms with Crippen molar-refractivity contribution < 1.29 is 4.39 Å². The topological polar surface area (TPSA) is 38.9 Å². The Morgan fingerprint density at radius 1 is 1.05 bits per heavy atom. The summed E-state index contributed by atoms with van der Waals surface area (Å²) in [7, 11) is 0. The van der Waals surface area contributed by atoms with E-state index in [1.165, 1.54) is 37.3 Å². The zero-order valence-corrected chi connectivity index (χ0v) is 12.1. The summed E-state index contributed by atoms with van der Waals surface area (Å²) in [5.41, 5.74) is 8.42. The van der Waals surface area contributed by atoms with E-state index in [2.05, 4.69) is 11.1 Å².